The average molecular weight is 193 g/mol. The highest BCUT2D eigenvalue weighted by Crippen LogP contribution is 2.00. The second kappa shape index (κ2) is 3.82. The fraction of sp³-hybridized carbons (Fsp3) is 0.125. The summed E-state index contributed by atoms with van der Waals surface area (Å²) in [6.07, 6.45) is 5.50. The SMILES string of the molecule is Fc1cnc(NCc2cnc[nH]2)nc1. The highest BCUT2D eigenvalue weighted by atomic mass is 19.1. The predicted molar refractivity (Wildman–Crippen MR) is 47.9 cm³/mol. The summed E-state index contributed by atoms with van der Waals surface area (Å²) in [5.74, 6) is -0.0573. The van der Waals surface area contributed by atoms with Gasteiger partial charge in [-0.2, -0.15) is 0 Å². The Morgan fingerprint density at radius 1 is 1.29 bits per heavy atom. The zero-order chi connectivity index (χ0) is 9.80. The number of halogens is 1. The van der Waals surface area contributed by atoms with Crippen LogP contribution in [0.3, 0.4) is 0 Å². The van der Waals surface area contributed by atoms with Gasteiger partial charge < -0.3 is 10.3 Å². The summed E-state index contributed by atoms with van der Waals surface area (Å²) in [5, 5.41) is 2.91. The number of nitrogens with one attached hydrogen (secondary N) is 2. The van der Waals surface area contributed by atoms with Gasteiger partial charge in [-0.25, -0.2) is 19.3 Å². The van der Waals surface area contributed by atoms with E-state index in [1.807, 2.05) is 0 Å². The van der Waals surface area contributed by atoms with E-state index in [9.17, 15) is 4.39 Å². The number of rotatable bonds is 3. The monoisotopic (exact) mass is 193 g/mol. The molecule has 2 heterocycles. The van der Waals surface area contributed by atoms with Crippen LogP contribution in [0.4, 0.5) is 10.3 Å². The van der Waals surface area contributed by atoms with E-state index in [0.29, 0.717) is 12.5 Å². The molecule has 0 aliphatic carbocycles. The summed E-state index contributed by atoms with van der Waals surface area (Å²) in [5.41, 5.74) is 0.915. The second-order valence-electron chi connectivity index (χ2n) is 2.66. The highest BCUT2D eigenvalue weighted by Gasteiger charge is 1.97. The molecule has 14 heavy (non-hydrogen) atoms. The van der Waals surface area contributed by atoms with Crippen molar-refractivity contribution in [2.45, 2.75) is 6.54 Å². The molecule has 0 saturated heterocycles. The maximum absolute atomic E-state index is 12.4. The zero-order valence-corrected chi connectivity index (χ0v) is 7.24. The van der Waals surface area contributed by atoms with Crippen molar-refractivity contribution in [1.29, 1.82) is 0 Å². The third-order valence-electron chi connectivity index (χ3n) is 1.61. The minimum absolute atomic E-state index is 0.390. The van der Waals surface area contributed by atoms with E-state index in [1.54, 1.807) is 12.5 Å². The van der Waals surface area contributed by atoms with Gasteiger partial charge in [0, 0.05) is 6.20 Å². The van der Waals surface area contributed by atoms with Crippen molar-refractivity contribution in [1.82, 2.24) is 19.9 Å². The van der Waals surface area contributed by atoms with Crippen LogP contribution in [-0.2, 0) is 6.54 Å². The Morgan fingerprint density at radius 2 is 2.07 bits per heavy atom. The molecule has 0 spiro atoms. The standard InChI is InChI=1S/C8H8FN5/c9-6-1-11-8(12-2-6)13-4-7-3-10-5-14-7/h1-3,5H,4H2,(H,10,14)(H,11,12,13). The topological polar surface area (TPSA) is 66.5 Å². The van der Waals surface area contributed by atoms with E-state index in [4.69, 9.17) is 0 Å². The third-order valence-corrected chi connectivity index (χ3v) is 1.61. The van der Waals surface area contributed by atoms with E-state index in [1.165, 1.54) is 0 Å². The Bertz CT molecular complexity index is 383. The first-order valence-corrected chi connectivity index (χ1v) is 4.03. The summed E-state index contributed by atoms with van der Waals surface area (Å²) >= 11 is 0. The second-order valence-corrected chi connectivity index (χ2v) is 2.66. The minimum atomic E-state index is -0.447. The quantitative estimate of drug-likeness (QED) is 0.761. The first kappa shape index (κ1) is 8.61. The van der Waals surface area contributed by atoms with Gasteiger partial charge in [-0.15, -0.1) is 0 Å². The predicted octanol–water partition coefficient (Wildman–Crippen LogP) is 0.951. The summed E-state index contributed by atoms with van der Waals surface area (Å²) in [4.78, 5) is 14.3. The number of nitrogens with zero attached hydrogens (tertiary/aromatic N) is 3. The van der Waals surface area contributed by atoms with Crippen LogP contribution in [0.5, 0.6) is 0 Å². The number of hydrogen-bond donors (Lipinski definition) is 2. The molecular formula is C8H8FN5. The summed E-state index contributed by atoms with van der Waals surface area (Å²) < 4.78 is 12.4. The van der Waals surface area contributed by atoms with Gasteiger partial charge in [0.25, 0.3) is 0 Å². The maximum Gasteiger partial charge on any atom is 0.223 e. The van der Waals surface area contributed by atoms with Crippen LogP contribution < -0.4 is 5.32 Å². The maximum atomic E-state index is 12.4. The molecule has 0 atom stereocenters. The Balaban J connectivity index is 1.95. The number of aromatic amines is 1. The van der Waals surface area contributed by atoms with Crippen LogP contribution in [0, 0.1) is 5.82 Å². The molecule has 0 aliphatic rings. The molecule has 0 aromatic carbocycles. The molecule has 2 rings (SSSR count). The Morgan fingerprint density at radius 3 is 2.71 bits per heavy atom. The lowest BCUT2D eigenvalue weighted by molar-refractivity contribution is 0.614. The molecule has 0 unspecified atom stereocenters. The lowest BCUT2D eigenvalue weighted by Crippen LogP contribution is -2.03. The molecule has 0 fully saturated rings. The largest absolute Gasteiger partial charge is 0.349 e. The van der Waals surface area contributed by atoms with Crippen molar-refractivity contribution in [3.05, 3.63) is 36.4 Å². The van der Waals surface area contributed by atoms with Gasteiger partial charge in [0.15, 0.2) is 5.82 Å². The molecule has 0 radical (unpaired) electrons. The molecule has 2 aromatic heterocycles. The Hall–Kier alpha value is -1.98. The van der Waals surface area contributed by atoms with Gasteiger partial charge in [0.1, 0.15) is 0 Å². The van der Waals surface area contributed by atoms with Gasteiger partial charge in [-0.1, -0.05) is 0 Å². The summed E-state index contributed by atoms with van der Waals surface area (Å²) in [6, 6.07) is 0. The third kappa shape index (κ3) is 2.03. The van der Waals surface area contributed by atoms with Gasteiger partial charge in [-0.3, -0.25) is 0 Å². The van der Waals surface area contributed by atoms with Gasteiger partial charge >= 0.3 is 0 Å². The normalized spacial score (nSPS) is 10.1. The molecular weight excluding hydrogens is 185 g/mol. The Labute approximate surface area is 79.4 Å². The average Bonchev–Trinajstić information content (AvgIpc) is 2.70. The number of H-pyrrole nitrogens is 1. The van der Waals surface area contributed by atoms with Crippen molar-refractivity contribution in [2.75, 3.05) is 5.32 Å². The first-order chi connectivity index (χ1) is 6.84. The molecule has 5 nitrogen and oxygen atoms in total. The molecule has 0 aliphatic heterocycles. The fourth-order valence-corrected chi connectivity index (χ4v) is 0.959. The van der Waals surface area contributed by atoms with Gasteiger partial charge in [-0.05, 0) is 0 Å². The summed E-state index contributed by atoms with van der Waals surface area (Å²) in [6.45, 7) is 0.533. The van der Waals surface area contributed by atoms with E-state index >= 15 is 0 Å². The van der Waals surface area contributed by atoms with Crippen molar-refractivity contribution in [3.63, 3.8) is 0 Å². The fourth-order valence-electron chi connectivity index (χ4n) is 0.959. The molecule has 2 aromatic rings. The van der Waals surface area contributed by atoms with Crippen molar-refractivity contribution < 1.29 is 4.39 Å². The van der Waals surface area contributed by atoms with E-state index < -0.39 is 5.82 Å². The van der Waals surface area contributed by atoms with Crippen LogP contribution >= 0.6 is 0 Å². The molecule has 0 amide bonds. The van der Waals surface area contributed by atoms with Gasteiger partial charge in [0.2, 0.25) is 5.95 Å². The van der Waals surface area contributed by atoms with Crippen molar-refractivity contribution >= 4 is 5.95 Å². The molecule has 72 valence electrons. The number of aromatic nitrogens is 4. The number of anilines is 1. The lowest BCUT2D eigenvalue weighted by atomic mass is 10.5. The zero-order valence-electron chi connectivity index (χ0n) is 7.24. The van der Waals surface area contributed by atoms with E-state index in [2.05, 4.69) is 25.3 Å². The van der Waals surface area contributed by atoms with Crippen LogP contribution in [-0.4, -0.2) is 19.9 Å². The number of hydrogen-bond acceptors (Lipinski definition) is 4. The van der Waals surface area contributed by atoms with Crippen LogP contribution in [0.2, 0.25) is 0 Å². The van der Waals surface area contributed by atoms with Crippen LogP contribution in [0.25, 0.3) is 0 Å². The Kier molecular flexibility index (Phi) is 2.35. The lowest BCUT2D eigenvalue weighted by Gasteiger charge is -2.01. The smallest absolute Gasteiger partial charge is 0.223 e. The molecule has 0 saturated carbocycles. The van der Waals surface area contributed by atoms with E-state index in [0.717, 1.165) is 18.1 Å². The first-order valence-electron chi connectivity index (χ1n) is 4.03. The molecule has 2 N–H and O–H groups in total. The van der Waals surface area contributed by atoms with Crippen molar-refractivity contribution in [3.8, 4) is 0 Å². The van der Waals surface area contributed by atoms with E-state index in [-0.39, 0.29) is 0 Å². The summed E-state index contributed by atoms with van der Waals surface area (Å²) in [7, 11) is 0. The molecule has 6 heteroatoms. The number of imidazole rings is 1. The van der Waals surface area contributed by atoms with Crippen LogP contribution in [0.15, 0.2) is 24.9 Å². The van der Waals surface area contributed by atoms with Crippen LogP contribution in [0.1, 0.15) is 5.69 Å². The highest BCUT2D eigenvalue weighted by molar-refractivity contribution is 5.23. The minimum Gasteiger partial charge on any atom is -0.349 e. The molecule has 0 bridgehead atoms. The van der Waals surface area contributed by atoms with Crippen molar-refractivity contribution in [2.24, 2.45) is 0 Å². The van der Waals surface area contributed by atoms with Gasteiger partial charge in [0.05, 0.1) is 31.0 Å².